The highest BCUT2D eigenvalue weighted by molar-refractivity contribution is 5.85. The van der Waals surface area contributed by atoms with E-state index in [4.69, 9.17) is 0 Å². The first-order chi connectivity index (χ1) is 7.47. The van der Waals surface area contributed by atoms with E-state index in [1.165, 1.54) is 6.07 Å². The van der Waals surface area contributed by atoms with Gasteiger partial charge in [-0.15, -0.1) is 12.4 Å². The topological polar surface area (TPSA) is 32.3 Å². The predicted molar refractivity (Wildman–Crippen MR) is 68.8 cm³/mol. The zero-order chi connectivity index (χ0) is 11.8. The number of benzene rings is 1. The lowest BCUT2D eigenvalue weighted by atomic mass is 9.98. The van der Waals surface area contributed by atoms with Crippen LogP contribution in [0.1, 0.15) is 38.3 Å². The molecule has 0 bridgehead atoms. The third-order valence-electron chi connectivity index (χ3n) is 3.25. The number of halogens is 2. The molecule has 2 N–H and O–H groups in total. The highest BCUT2D eigenvalue weighted by Crippen LogP contribution is 2.31. The SMILES string of the molecule is CC(C)(O)[C@H]1CC[C@@H](c2cccc(F)c2)N1.Cl. The Hall–Kier alpha value is -0.640. The summed E-state index contributed by atoms with van der Waals surface area (Å²) in [6.07, 6.45) is 1.86. The summed E-state index contributed by atoms with van der Waals surface area (Å²) >= 11 is 0. The molecule has 1 saturated heterocycles. The average Bonchev–Trinajstić information content (AvgIpc) is 2.65. The van der Waals surface area contributed by atoms with Gasteiger partial charge in [-0.25, -0.2) is 4.39 Å². The van der Waals surface area contributed by atoms with Crippen LogP contribution in [0.3, 0.4) is 0 Å². The molecule has 1 aliphatic heterocycles. The maximum absolute atomic E-state index is 13.1. The van der Waals surface area contributed by atoms with E-state index < -0.39 is 5.60 Å². The van der Waals surface area contributed by atoms with Crippen molar-refractivity contribution >= 4 is 12.4 Å². The summed E-state index contributed by atoms with van der Waals surface area (Å²) in [5.74, 6) is -0.203. The van der Waals surface area contributed by atoms with Crippen LogP contribution in [0.2, 0.25) is 0 Å². The van der Waals surface area contributed by atoms with Gasteiger partial charge in [0.15, 0.2) is 0 Å². The van der Waals surface area contributed by atoms with Gasteiger partial charge in [0.05, 0.1) is 5.60 Å². The standard InChI is InChI=1S/C13H18FNO.ClH/c1-13(2,16)12-7-6-11(15-12)9-4-3-5-10(14)8-9;/h3-5,8,11-12,15-16H,6-7H2,1-2H3;1H/t11-,12+;/m0./s1. The van der Waals surface area contributed by atoms with Gasteiger partial charge in [-0.3, -0.25) is 0 Å². The van der Waals surface area contributed by atoms with Gasteiger partial charge in [-0.1, -0.05) is 12.1 Å². The minimum absolute atomic E-state index is 0. The van der Waals surface area contributed by atoms with Crippen molar-refractivity contribution < 1.29 is 9.50 Å². The summed E-state index contributed by atoms with van der Waals surface area (Å²) in [7, 11) is 0. The van der Waals surface area contributed by atoms with Crippen LogP contribution in [-0.2, 0) is 0 Å². The van der Waals surface area contributed by atoms with E-state index in [2.05, 4.69) is 5.32 Å². The van der Waals surface area contributed by atoms with Crippen LogP contribution >= 0.6 is 12.4 Å². The molecule has 0 spiro atoms. The second kappa shape index (κ2) is 5.34. The minimum atomic E-state index is -0.720. The van der Waals surface area contributed by atoms with E-state index >= 15 is 0 Å². The van der Waals surface area contributed by atoms with Crippen LogP contribution in [0.5, 0.6) is 0 Å². The maximum atomic E-state index is 13.1. The molecule has 2 atom stereocenters. The first-order valence-electron chi connectivity index (χ1n) is 5.71. The van der Waals surface area contributed by atoms with E-state index in [0.29, 0.717) is 0 Å². The first kappa shape index (κ1) is 14.4. The van der Waals surface area contributed by atoms with Crippen molar-refractivity contribution in [2.75, 3.05) is 0 Å². The van der Waals surface area contributed by atoms with Gasteiger partial charge < -0.3 is 10.4 Å². The second-order valence-electron chi connectivity index (χ2n) is 5.06. The molecule has 0 aliphatic carbocycles. The Morgan fingerprint density at radius 3 is 2.59 bits per heavy atom. The summed E-state index contributed by atoms with van der Waals surface area (Å²) in [5.41, 5.74) is 0.244. The van der Waals surface area contributed by atoms with Crippen LogP contribution in [0.25, 0.3) is 0 Å². The molecule has 0 amide bonds. The summed E-state index contributed by atoms with van der Waals surface area (Å²) < 4.78 is 13.1. The maximum Gasteiger partial charge on any atom is 0.123 e. The fraction of sp³-hybridized carbons (Fsp3) is 0.538. The number of hydrogen-bond donors (Lipinski definition) is 2. The second-order valence-corrected chi connectivity index (χ2v) is 5.06. The Morgan fingerprint density at radius 1 is 1.35 bits per heavy atom. The lowest BCUT2D eigenvalue weighted by molar-refractivity contribution is 0.0432. The van der Waals surface area contributed by atoms with Crippen molar-refractivity contribution in [1.29, 1.82) is 0 Å². The zero-order valence-corrected chi connectivity index (χ0v) is 10.9. The minimum Gasteiger partial charge on any atom is -0.389 e. The molecule has 0 saturated carbocycles. The van der Waals surface area contributed by atoms with E-state index in [-0.39, 0.29) is 30.3 Å². The predicted octanol–water partition coefficient (Wildman–Crippen LogP) is 2.81. The van der Waals surface area contributed by atoms with Crippen molar-refractivity contribution in [2.45, 2.75) is 44.4 Å². The highest BCUT2D eigenvalue weighted by atomic mass is 35.5. The van der Waals surface area contributed by atoms with Gasteiger partial charge >= 0.3 is 0 Å². The van der Waals surface area contributed by atoms with Crippen molar-refractivity contribution in [2.24, 2.45) is 0 Å². The number of rotatable bonds is 2. The van der Waals surface area contributed by atoms with Crippen LogP contribution in [0, 0.1) is 5.82 Å². The quantitative estimate of drug-likeness (QED) is 0.856. The van der Waals surface area contributed by atoms with Gasteiger partial charge in [0, 0.05) is 12.1 Å². The molecule has 2 nitrogen and oxygen atoms in total. The molecule has 17 heavy (non-hydrogen) atoms. The zero-order valence-electron chi connectivity index (χ0n) is 10.1. The van der Waals surface area contributed by atoms with Crippen molar-refractivity contribution in [3.05, 3.63) is 35.6 Å². The fourth-order valence-electron chi connectivity index (χ4n) is 2.29. The lowest BCUT2D eigenvalue weighted by Crippen LogP contribution is -2.43. The number of nitrogens with one attached hydrogen (secondary N) is 1. The van der Waals surface area contributed by atoms with Crippen molar-refractivity contribution in [3.8, 4) is 0 Å². The van der Waals surface area contributed by atoms with Crippen molar-refractivity contribution in [1.82, 2.24) is 5.32 Å². The molecule has 0 aromatic heterocycles. The number of aliphatic hydroxyl groups is 1. The third-order valence-corrected chi connectivity index (χ3v) is 3.25. The Balaban J connectivity index is 0.00000144. The van der Waals surface area contributed by atoms with E-state index in [0.717, 1.165) is 18.4 Å². The smallest absolute Gasteiger partial charge is 0.123 e. The summed E-state index contributed by atoms with van der Waals surface area (Å²) in [6.45, 7) is 3.61. The summed E-state index contributed by atoms with van der Waals surface area (Å²) in [4.78, 5) is 0. The molecule has 0 unspecified atom stereocenters. The lowest BCUT2D eigenvalue weighted by Gasteiger charge is -2.26. The van der Waals surface area contributed by atoms with Crippen molar-refractivity contribution in [3.63, 3.8) is 0 Å². The Kier molecular flexibility index (Phi) is 4.53. The Labute approximate surface area is 108 Å². The normalized spacial score (nSPS) is 24.5. The van der Waals surface area contributed by atoms with Crippen LogP contribution in [0.15, 0.2) is 24.3 Å². The largest absolute Gasteiger partial charge is 0.389 e. The molecular weight excluding hydrogens is 241 g/mol. The van der Waals surface area contributed by atoms with Crippen LogP contribution in [-0.4, -0.2) is 16.7 Å². The van der Waals surface area contributed by atoms with E-state index in [1.807, 2.05) is 6.07 Å². The molecule has 96 valence electrons. The van der Waals surface area contributed by atoms with E-state index in [9.17, 15) is 9.50 Å². The molecular formula is C13H19ClFNO. The fourth-order valence-corrected chi connectivity index (χ4v) is 2.29. The van der Waals surface area contributed by atoms with Gasteiger partial charge in [-0.05, 0) is 44.4 Å². The Morgan fingerprint density at radius 2 is 2.06 bits per heavy atom. The van der Waals surface area contributed by atoms with Crippen LogP contribution in [0.4, 0.5) is 4.39 Å². The van der Waals surface area contributed by atoms with E-state index in [1.54, 1.807) is 26.0 Å². The molecule has 4 heteroatoms. The highest BCUT2D eigenvalue weighted by Gasteiger charge is 2.34. The molecule has 1 aromatic carbocycles. The van der Waals surface area contributed by atoms with Gasteiger partial charge in [0.25, 0.3) is 0 Å². The third kappa shape index (κ3) is 3.41. The molecule has 2 rings (SSSR count). The Bertz CT molecular complexity index is 378. The molecule has 1 fully saturated rings. The molecule has 1 aliphatic rings. The van der Waals surface area contributed by atoms with Gasteiger partial charge in [0.1, 0.15) is 5.82 Å². The number of hydrogen-bond acceptors (Lipinski definition) is 2. The summed E-state index contributed by atoms with van der Waals surface area (Å²) in [6, 6.07) is 6.90. The molecule has 0 radical (unpaired) electrons. The average molecular weight is 260 g/mol. The molecule has 1 aromatic rings. The monoisotopic (exact) mass is 259 g/mol. The molecule has 1 heterocycles. The van der Waals surface area contributed by atoms with Gasteiger partial charge in [-0.2, -0.15) is 0 Å². The van der Waals surface area contributed by atoms with Gasteiger partial charge in [0.2, 0.25) is 0 Å². The van der Waals surface area contributed by atoms with Crippen LogP contribution < -0.4 is 5.32 Å². The first-order valence-corrected chi connectivity index (χ1v) is 5.71. The summed E-state index contributed by atoms with van der Waals surface area (Å²) in [5, 5.41) is 13.3.